The number of hydrogen-bond donors (Lipinski definition) is 0. The average Bonchev–Trinajstić information content (AvgIpc) is 2.76. The van der Waals surface area contributed by atoms with Crippen molar-refractivity contribution in [3.63, 3.8) is 0 Å². The average molecular weight is 582 g/mol. The molecule has 1 rings (SSSR count). The molecule has 0 N–H and O–H groups in total. The van der Waals surface area contributed by atoms with Gasteiger partial charge in [-0.3, -0.25) is 11.6 Å². The molecule has 0 saturated heterocycles. The molecule has 0 aromatic heterocycles. The third-order valence-corrected chi connectivity index (χ3v) is 2.35. The Morgan fingerprint density at radius 2 is 1.71 bits per heavy atom. The molecule has 1 aliphatic heterocycles. The third-order valence-electron chi connectivity index (χ3n) is 2.35. The summed E-state index contributed by atoms with van der Waals surface area (Å²) in [6.45, 7) is 18.0. The van der Waals surface area contributed by atoms with E-state index in [9.17, 15) is 9.59 Å². The van der Waals surface area contributed by atoms with E-state index < -0.39 is 0 Å². The number of ketones is 2. The number of rotatable bonds is 5. The zero-order valence-electron chi connectivity index (χ0n) is 14.3. The van der Waals surface area contributed by atoms with Crippen LogP contribution in [0.25, 0.3) is 0 Å². The zero-order chi connectivity index (χ0) is 17.0. The van der Waals surface area contributed by atoms with Crippen molar-refractivity contribution in [3.05, 3.63) is 25.6 Å². The van der Waals surface area contributed by atoms with E-state index in [4.69, 9.17) is 4.79 Å². The van der Waals surface area contributed by atoms with E-state index in [-0.39, 0.29) is 84.7 Å². The van der Waals surface area contributed by atoms with Gasteiger partial charge in [-0.15, -0.1) is 0 Å². The summed E-state index contributed by atoms with van der Waals surface area (Å²) in [5.74, 6) is 0.777. The van der Waals surface area contributed by atoms with E-state index in [0.717, 1.165) is 5.70 Å². The van der Waals surface area contributed by atoms with Crippen LogP contribution in [0.5, 0.6) is 0 Å². The molecular formula is C17H29N2O3WY-3. The predicted molar refractivity (Wildman–Crippen MR) is 89.8 cm³/mol. The number of allylic oxidation sites excluding steroid dienone is 1. The Morgan fingerprint density at radius 1 is 1.25 bits per heavy atom. The maximum absolute atomic E-state index is 11.2. The Morgan fingerprint density at radius 3 is 1.92 bits per heavy atom. The van der Waals surface area contributed by atoms with Crippen molar-refractivity contribution < 1.29 is 68.2 Å². The van der Waals surface area contributed by atoms with Crippen molar-refractivity contribution in [2.45, 2.75) is 54.0 Å². The van der Waals surface area contributed by atoms with E-state index in [1.54, 1.807) is 0 Å². The van der Waals surface area contributed by atoms with Crippen molar-refractivity contribution in [2.24, 2.45) is 22.1 Å². The monoisotopic (exact) mass is 582 g/mol. The number of carbonyl (C=O) groups excluding carboxylic acids is 3. The van der Waals surface area contributed by atoms with Gasteiger partial charge in [-0.05, 0) is 24.2 Å². The molecule has 1 atom stereocenters. The molecule has 0 spiro atoms. The van der Waals surface area contributed by atoms with Gasteiger partial charge in [0, 0.05) is 59.7 Å². The zero-order valence-corrected chi connectivity index (χ0v) is 20.1. The first-order chi connectivity index (χ1) is 9.72. The second-order valence-corrected chi connectivity index (χ2v) is 5.38. The number of nitrogens with zero attached hydrogens (tertiary/aromatic N) is 2. The fourth-order valence-electron chi connectivity index (χ4n) is 1.37. The standard InChI is InChI=1S/C9H13N2O.C6H11O.CHO.CH4.W.Y/c1-6(2)9(12)5-8-4-7(3)10-11-8;1-5(2)4-6(3)7;1-2;;;/h4,6-7H,3,5H2,1-2H3;5H,3-4H2,1-2H3;1H;1H4;;/q3*-1;;;. The third kappa shape index (κ3) is 22.0. The first-order valence-electron chi connectivity index (χ1n) is 6.78. The topological polar surface area (TPSA) is 75.9 Å². The van der Waals surface area contributed by atoms with Gasteiger partial charge in [0.05, 0.1) is 12.1 Å². The van der Waals surface area contributed by atoms with Crippen LogP contribution < -0.4 is 0 Å². The minimum Gasteiger partial charge on any atom is -0.545 e. The van der Waals surface area contributed by atoms with Crippen LogP contribution in [0.4, 0.5) is 0 Å². The molecule has 0 aromatic rings. The van der Waals surface area contributed by atoms with Crippen LogP contribution in [0.2, 0.25) is 0 Å². The van der Waals surface area contributed by atoms with Crippen LogP contribution in [0, 0.1) is 25.7 Å². The molecule has 24 heavy (non-hydrogen) atoms. The summed E-state index contributed by atoms with van der Waals surface area (Å²) in [7, 11) is 0. The molecule has 1 unspecified atom stereocenters. The molecule has 7 heteroatoms. The van der Waals surface area contributed by atoms with Crippen LogP contribution >= 0.6 is 0 Å². The summed E-state index contributed by atoms with van der Waals surface area (Å²) in [6, 6.07) is -0.0973. The summed E-state index contributed by atoms with van der Waals surface area (Å²) < 4.78 is 0. The van der Waals surface area contributed by atoms with Crippen molar-refractivity contribution in [3.8, 4) is 0 Å². The number of hydrogen-bond acceptors (Lipinski definition) is 5. The van der Waals surface area contributed by atoms with Crippen LogP contribution in [-0.4, -0.2) is 24.4 Å². The van der Waals surface area contributed by atoms with Gasteiger partial charge in [-0.25, -0.2) is 5.11 Å². The first-order valence-corrected chi connectivity index (χ1v) is 6.78. The van der Waals surface area contributed by atoms with Crippen LogP contribution in [0.15, 0.2) is 22.0 Å². The Bertz CT molecular complexity index is 397. The summed E-state index contributed by atoms with van der Waals surface area (Å²) >= 11 is 0. The van der Waals surface area contributed by atoms with E-state index in [1.807, 2.05) is 33.8 Å². The number of carbonyl (C=O) groups is 2. The summed E-state index contributed by atoms with van der Waals surface area (Å²) in [5.41, 5.74) is 0.758. The minimum atomic E-state index is -0.0973. The Labute approximate surface area is 187 Å². The maximum Gasteiger partial charge on any atom is 0.141 e. The van der Waals surface area contributed by atoms with Crippen molar-refractivity contribution in [2.75, 3.05) is 0 Å². The molecule has 1 radical (unpaired) electrons. The molecule has 0 fully saturated rings. The first kappa shape index (κ1) is 35.2. The molecule has 0 aromatic carbocycles. The van der Waals surface area contributed by atoms with Gasteiger partial charge in [0.25, 0.3) is 0 Å². The number of azo groups is 1. The molecule has 0 bridgehead atoms. The van der Waals surface area contributed by atoms with E-state index in [2.05, 4.69) is 30.9 Å². The van der Waals surface area contributed by atoms with Gasteiger partial charge in [0.2, 0.25) is 0 Å². The van der Waals surface area contributed by atoms with Crippen molar-refractivity contribution >= 4 is 18.4 Å². The Balaban J connectivity index is -0.0000000886. The second kappa shape index (κ2) is 21.1. The fourth-order valence-corrected chi connectivity index (χ4v) is 1.37. The van der Waals surface area contributed by atoms with Gasteiger partial charge in [0.15, 0.2) is 0 Å². The predicted octanol–water partition coefficient (Wildman–Crippen LogP) is 3.95. The molecular weight excluding hydrogens is 553 g/mol. The Kier molecular flexibility index (Phi) is 30.9. The molecule has 0 aliphatic carbocycles. The molecule has 1 aliphatic rings. The van der Waals surface area contributed by atoms with E-state index in [0.29, 0.717) is 18.8 Å². The smallest absolute Gasteiger partial charge is 0.141 e. The SMILES string of the molecule is C.[CH-]=O.[CH2-]C(=O)CC(C)C.[CH2-]C1C=C(CC(=O)C(C)C)N=N1.[W].[Y]. The van der Waals surface area contributed by atoms with E-state index >= 15 is 0 Å². The van der Waals surface area contributed by atoms with Gasteiger partial charge in [-0.2, -0.15) is 5.11 Å². The van der Waals surface area contributed by atoms with Gasteiger partial charge in [0.1, 0.15) is 5.78 Å². The van der Waals surface area contributed by atoms with Crippen molar-refractivity contribution in [1.29, 1.82) is 0 Å². The quantitative estimate of drug-likeness (QED) is 0.364. The second-order valence-electron chi connectivity index (χ2n) is 5.38. The van der Waals surface area contributed by atoms with Crippen LogP contribution in [0.1, 0.15) is 48.0 Å². The fraction of sp³-hybridized carbons (Fsp3) is 0.588. The van der Waals surface area contributed by atoms with E-state index in [1.165, 1.54) is 0 Å². The van der Waals surface area contributed by atoms with Gasteiger partial charge >= 0.3 is 0 Å². The Hall–Kier alpha value is 0.0122. The summed E-state index contributed by atoms with van der Waals surface area (Å²) in [5, 5.41) is 7.64. The molecule has 0 saturated carbocycles. The van der Waals surface area contributed by atoms with Gasteiger partial charge < -0.3 is 23.4 Å². The molecule has 0 amide bonds. The van der Waals surface area contributed by atoms with Crippen LogP contribution in [0.3, 0.4) is 0 Å². The van der Waals surface area contributed by atoms with Gasteiger partial charge in [-0.1, -0.05) is 41.2 Å². The largest absolute Gasteiger partial charge is 0.545 e. The molecule has 1 heterocycles. The summed E-state index contributed by atoms with van der Waals surface area (Å²) in [6.07, 6.45) is 2.83. The normalized spacial score (nSPS) is 13.8. The maximum atomic E-state index is 11.2. The molecule has 5 nitrogen and oxygen atoms in total. The summed E-state index contributed by atoms with van der Waals surface area (Å²) in [4.78, 5) is 29.1. The van der Waals surface area contributed by atoms with Crippen LogP contribution in [-0.2, 0) is 68.2 Å². The number of Topliss-reactive ketones (excluding diaryl/α,β-unsaturated/α-hetero) is 2. The van der Waals surface area contributed by atoms with Crippen molar-refractivity contribution in [1.82, 2.24) is 0 Å². The minimum absolute atomic E-state index is 0. The molecule has 137 valence electrons.